The first-order valence-corrected chi connectivity index (χ1v) is 16.1. The topological polar surface area (TPSA) is 99.6 Å². The minimum absolute atomic E-state index is 0.0874. The Labute approximate surface area is 279 Å². The zero-order valence-corrected chi connectivity index (χ0v) is 29.2. The number of hydrogen-bond acceptors (Lipinski definition) is 6. The van der Waals surface area contributed by atoms with E-state index in [0.29, 0.717) is 31.6 Å². The van der Waals surface area contributed by atoms with Crippen LogP contribution in [0, 0.1) is 0 Å². The number of carbonyl (C=O) groups is 3. The van der Waals surface area contributed by atoms with Crippen LogP contribution in [0.2, 0.25) is 0 Å². The average Bonchev–Trinajstić information content (AvgIpc) is 3.03. The van der Waals surface area contributed by atoms with E-state index in [-0.39, 0.29) is 25.0 Å². The Bertz CT molecular complexity index is 1540. The second kappa shape index (κ2) is 16.5. The molecule has 0 bridgehead atoms. The maximum Gasteiger partial charge on any atom is 0.410 e. The van der Waals surface area contributed by atoms with Gasteiger partial charge >= 0.3 is 6.09 Å². The van der Waals surface area contributed by atoms with Crippen LogP contribution in [0.15, 0.2) is 78.9 Å². The molecule has 1 N–H and O–H groups in total. The van der Waals surface area contributed by atoms with Crippen LogP contribution in [0.3, 0.4) is 0 Å². The van der Waals surface area contributed by atoms with Crippen molar-refractivity contribution in [3.8, 4) is 5.75 Å². The van der Waals surface area contributed by atoms with Gasteiger partial charge in [0, 0.05) is 39.6 Å². The van der Waals surface area contributed by atoms with Crippen molar-refractivity contribution in [2.75, 3.05) is 40.9 Å². The third-order valence-corrected chi connectivity index (χ3v) is 8.21. The van der Waals surface area contributed by atoms with E-state index in [2.05, 4.69) is 6.07 Å². The quantitative estimate of drug-likeness (QED) is 0.220. The summed E-state index contributed by atoms with van der Waals surface area (Å²) in [4.78, 5) is 44.9. The lowest BCUT2D eigenvalue weighted by Gasteiger charge is -2.36. The summed E-state index contributed by atoms with van der Waals surface area (Å²) in [5.41, 5.74) is 0.641. The third kappa shape index (κ3) is 10.8. The number of hydrogen-bond donors (Lipinski definition) is 1. The molecule has 0 saturated heterocycles. The maximum atomic E-state index is 14.0. The van der Waals surface area contributed by atoms with Gasteiger partial charge in [-0.2, -0.15) is 0 Å². The number of fused-ring (bicyclic) bond motifs is 1. The maximum absolute atomic E-state index is 14.0. The Morgan fingerprint density at radius 2 is 1.55 bits per heavy atom. The molecule has 0 aliphatic heterocycles. The van der Waals surface area contributed by atoms with E-state index in [9.17, 15) is 19.5 Å². The lowest BCUT2D eigenvalue weighted by Crippen LogP contribution is -2.49. The van der Waals surface area contributed by atoms with E-state index in [1.54, 1.807) is 32.1 Å². The molecule has 0 saturated carbocycles. The molecule has 0 aromatic heterocycles. The van der Waals surface area contributed by atoms with Gasteiger partial charge in [0.2, 0.25) is 11.8 Å². The van der Waals surface area contributed by atoms with Crippen molar-refractivity contribution in [2.45, 2.75) is 71.1 Å². The van der Waals surface area contributed by atoms with Crippen molar-refractivity contribution in [2.24, 2.45) is 0 Å². The predicted molar refractivity (Wildman–Crippen MR) is 186 cm³/mol. The fraction of sp³-hybridized carbons (Fsp3) is 0.447. The molecule has 254 valence electrons. The van der Waals surface area contributed by atoms with Crippen molar-refractivity contribution in [1.29, 1.82) is 0 Å². The van der Waals surface area contributed by atoms with Crippen LogP contribution in [0.4, 0.5) is 4.79 Å². The van der Waals surface area contributed by atoms with Gasteiger partial charge in [0.25, 0.3) is 0 Å². The standard InChI is InChI=1S/C38H51N3O6/c1-37(2,3)47-36(45)41(8)38(4,5)22-13-18-34(43)40(7)32(27-28-19-20-29-14-9-10-16-31(29)26-28)35(44)39(6)23-21-30-15-11-12-17-33(30)46-25-24-42/h9-20,26,32,42H,21-25,27H2,1-8H3/b18-13+. The molecule has 47 heavy (non-hydrogen) atoms. The van der Waals surface area contributed by atoms with Crippen LogP contribution in [0.25, 0.3) is 10.8 Å². The first-order chi connectivity index (χ1) is 22.1. The van der Waals surface area contributed by atoms with Gasteiger partial charge in [-0.25, -0.2) is 4.79 Å². The zero-order valence-electron chi connectivity index (χ0n) is 29.2. The summed E-state index contributed by atoms with van der Waals surface area (Å²) in [7, 11) is 5.08. The van der Waals surface area contributed by atoms with Gasteiger partial charge in [-0.1, -0.05) is 66.7 Å². The Balaban J connectivity index is 1.79. The first-order valence-electron chi connectivity index (χ1n) is 16.1. The van der Waals surface area contributed by atoms with Crippen LogP contribution < -0.4 is 4.74 Å². The predicted octanol–water partition coefficient (Wildman–Crippen LogP) is 5.87. The van der Waals surface area contributed by atoms with E-state index >= 15 is 0 Å². The van der Waals surface area contributed by atoms with Gasteiger partial charge in [-0.15, -0.1) is 0 Å². The van der Waals surface area contributed by atoms with Crippen LogP contribution in [0.1, 0.15) is 52.2 Å². The fourth-order valence-corrected chi connectivity index (χ4v) is 5.07. The lowest BCUT2D eigenvalue weighted by atomic mass is 9.98. The van der Waals surface area contributed by atoms with Crippen molar-refractivity contribution in [1.82, 2.24) is 14.7 Å². The molecular formula is C38H51N3O6. The fourth-order valence-electron chi connectivity index (χ4n) is 5.07. The summed E-state index contributed by atoms with van der Waals surface area (Å²) in [6, 6.07) is 21.0. The molecule has 3 aromatic rings. The Morgan fingerprint density at radius 3 is 2.23 bits per heavy atom. The number of benzene rings is 3. The summed E-state index contributed by atoms with van der Waals surface area (Å²) in [5, 5.41) is 11.4. The minimum atomic E-state index is -0.753. The van der Waals surface area contributed by atoms with E-state index < -0.39 is 23.3 Å². The molecule has 0 heterocycles. The summed E-state index contributed by atoms with van der Waals surface area (Å²) in [6.07, 6.45) is 4.07. The van der Waals surface area contributed by atoms with Crippen LogP contribution in [-0.4, -0.2) is 95.8 Å². The van der Waals surface area contributed by atoms with Gasteiger partial charge in [0.15, 0.2) is 0 Å². The summed E-state index contributed by atoms with van der Waals surface area (Å²) in [6.45, 7) is 9.78. The zero-order chi connectivity index (χ0) is 34.8. The van der Waals surface area contributed by atoms with E-state index in [0.717, 1.165) is 21.9 Å². The number of likely N-dealkylation sites (N-methyl/N-ethyl adjacent to an activating group) is 2. The molecular weight excluding hydrogens is 594 g/mol. The second-order valence-electron chi connectivity index (χ2n) is 13.5. The second-order valence-corrected chi connectivity index (χ2v) is 13.5. The molecule has 0 fully saturated rings. The highest BCUT2D eigenvalue weighted by Crippen LogP contribution is 2.23. The number of ether oxygens (including phenoxy) is 2. The smallest absolute Gasteiger partial charge is 0.410 e. The van der Waals surface area contributed by atoms with Crippen molar-refractivity contribution >= 4 is 28.7 Å². The molecule has 3 amide bonds. The molecule has 9 heteroatoms. The van der Waals surface area contributed by atoms with Crippen molar-refractivity contribution < 1.29 is 29.0 Å². The highest BCUT2D eigenvalue weighted by molar-refractivity contribution is 5.93. The van der Waals surface area contributed by atoms with Gasteiger partial charge in [0.05, 0.1) is 6.61 Å². The Kier molecular flexibility index (Phi) is 13.0. The molecule has 0 aliphatic rings. The Hall–Kier alpha value is -4.37. The highest BCUT2D eigenvalue weighted by Gasteiger charge is 2.31. The van der Waals surface area contributed by atoms with E-state index in [4.69, 9.17) is 9.47 Å². The largest absolute Gasteiger partial charge is 0.491 e. The van der Waals surface area contributed by atoms with Crippen molar-refractivity contribution in [3.05, 3.63) is 90.0 Å². The van der Waals surface area contributed by atoms with Crippen LogP contribution in [-0.2, 0) is 27.2 Å². The summed E-state index contributed by atoms with van der Waals surface area (Å²) in [5.74, 6) is 0.185. The van der Waals surface area contributed by atoms with Gasteiger partial charge in [-0.3, -0.25) is 9.59 Å². The molecule has 9 nitrogen and oxygen atoms in total. The molecule has 3 rings (SSSR count). The molecule has 0 radical (unpaired) electrons. The normalized spacial score (nSPS) is 12.5. The number of carbonyl (C=O) groups excluding carboxylic acids is 3. The van der Waals surface area contributed by atoms with Crippen LogP contribution in [0.5, 0.6) is 5.75 Å². The lowest BCUT2D eigenvalue weighted by molar-refractivity contribution is -0.141. The molecule has 0 spiro atoms. The third-order valence-electron chi connectivity index (χ3n) is 8.21. The SMILES string of the molecule is CN(CCc1ccccc1OCCO)C(=O)C(Cc1ccc2ccccc2c1)N(C)C(=O)/C=C/CC(C)(C)N(C)C(=O)OC(C)(C)C. The molecule has 3 aromatic carbocycles. The van der Waals surface area contributed by atoms with Gasteiger partial charge in [-0.05, 0) is 81.5 Å². The Morgan fingerprint density at radius 1 is 0.894 bits per heavy atom. The number of nitrogens with zero attached hydrogens (tertiary/aromatic N) is 3. The molecule has 1 unspecified atom stereocenters. The van der Waals surface area contributed by atoms with E-state index in [1.807, 2.05) is 95.3 Å². The summed E-state index contributed by atoms with van der Waals surface area (Å²) < 4.78 is 11.2. The summed E-state index contributed by atoms with van der Waals surface area (Å²) >= 11 is 0. The van der Waals surface area contributed by atoms with Crippen molar-refractivity contribution in [3.63, 3.8) is 0 Å². The van der Waals surface area contributed by atoms with Gasteiger partial charge in [0.1, 0.15) is 24.0 Å². The number of aliphatic hydroxyl groups is 1. The highest BCUT2D eigenvalue weighted by atomic mass is 16.6. The molecule has 1 atom stereocenters. The molecule has 0 aliphatic carbocycles. The monoisotopic (exact) mass is 645 g/mol. The number of para-hydroxylation sites is 1. The minimum Gasteiger partial charge on any atom is -0.491 e. The number of amides is 3. The van der Waals surface area contributed by atoms with Gasteiger partial charge < -0.3 is 29.3 Å². The number of rotatable bonds is 14. The number of aliphatic hydroxyl groups excluding tert-OH is 1. The van der Waals surface area contributed by atoms with E-state index in [1.165, 1.54) is 15.9 Å². The average molecular weight is 646 g/mol. The van der Waals surface area contributed by atoms with Crippen LogP contribution >= 0.6 is 0 Å². The first kappa shape index (κ1) is 37.1.